The molecule has 102 valence electrons. The Morgan fingerprint density at radius 1 is 1.25 bits per heavy atom. The molecular weight excluding hydrogens is 344 g/mol. The average molecular weight is 354 g/mol. The molecule has 0 atom stereocenters. The normalized spacial score (nSPS) is 11.2. The Morgan fingerprint density at radius 2 is 2.00 bits per heavy atom. The zero-order valence-electron chi connectivity index (χ0n) is 10.8. The minimum Gasteiger partial charge on any atom is -0.495 e. The zero-order chi connectivity index (χ0) is 14.4. The minimum absolute atomic E-state index is 0.105. The molecule has 0 bridgehead atoms. The molecule has 1 aromatic carbocycles. The maximum absolute atomic E-state index is 12.4. The van der Waals surface area contributed by atoms with Crippen molar-refractivity contribution in [3.63, 3.8) is 0 Å². The highest BCUT2D eigenvalue weighted by molar-refractivity contribution is 9.10. The van der Waals surface area contributed by atoms with Gasteiger partial charge in [-0.15, -0.1) is 0 Å². The van der Waals surface area contributed by atoms with Crippen LogP contribution in [0.5, 0.6) is 5.75 Å². The first-order valence-corrected chi connectivity index (χ1v) is 7.01. The highest BCUT2D eigenvalue weighted by Gasteiger charge is 2.12. The van der Waals surface area contributed by atoms with Crippen LogP contribution in [0.25, 0.3) is 21.7 Å². The smallest absolute Gasteiger partial charge is 0.258 e. The highest BCUT2D eigenvalue weighted by atomic mass is 79.9. The Labute approximate surface area is 128 Å². The number of hydrogen-bond donors (Lipinski definition) is 0. The van der Waals surface area contributed by atoms with E-state index in [-0.39, 0.29) is 5.56 Å². The van der Waals surface area contributed by atoms with Gasteiger partial charge in [0.15, 0.2) is 0 Å². The van der Waals surface area contributed by atoms with E-state index >= 15 is 0 Å². The molecule has 3 aromatic rings. The molecule has 4 nitrogen and oxygen atoms in total. The van der Waals surface area contributed by atoms with Gasteiger partial charge in [-0.1, -0.05) is 11.6 Å². The largest absolute Gasteiger partial charge is 0.495 e. The van der Waals surface area contributed by atoms with Crippen molar-refractivity contribution in [3.8, 4) is 5.75 Å². The fraction of sp³-hybridized carbons (Fsp3) is 0.143. The average Bonchev–Trinajstić information content (AvgIpc) is 2.44. The molecule has 0 aliphatic carbocycles. The SMILES string of the molecule is COc1cc2c(=O)n(C)c3cnc(Br)cc3c2cc1Cl. The molecular formula is C14H10BrClN2O2. The fourth-order valence-electron chi connectivity index (χ4n) is 2.31. The van der Waals surface area contributed by atoms with E-state index in [0.29, 0.717) is 20.8 Å². The van der Waals surface area contributed by atoms with Crippen LogP contribution >= 0.6 is 27.5 Å². The second kappa shape index (κ2) is 4.75. The van der Waals surface area contributed by atoms with Crippen molar-refractivity contribution in [2.24, 2.45) is 7.05 Å². The van der Waals surface area contributed by atoms with Gasteiger partial charge in [0.2, 0.25) is 0 Å². The standard InChI is InChI=1S/C14H10BrClN2O2/c1-18-11-6-17-13(15)5-8(11)7-3-10(16)12(20-2)4-9(7)14(18)19/h3-6H,1-2H3. The molecule has 3 rings (SSSR count). The molecule has 0 saturated carbocycles. The molecule has 0 aliphatic rings. The van der Waals surface area contributed by atoms with Crippen molar-refractivity contribution in [1.82, 2.24) is 9.55 Å². The van der Waals surface area contributed by atoms with E-state index in [1.165, 1.54) is 7.11 Å². The molecule has 0 amide bonds. The molecule has 0 saturated heterocycles. The lowest BCUT2D eigenvalue weighted by molar-refractivity contribution is 0.415. The second-order valence-corrected chi connectivity index (χ2v) is 5.64. The van der Waals surface area contributed by atoms with E-state index in [4.69, 9.17) is 16.3 Å². The van der Waals surface area contributed by atoms with Crippen molar-refractivity contribution in [3.05, 3.63) is 44.4 Å². The van der Waals surface area contributed by atoms with Gasteiger partial charge in [-0.25, -0.2) is 4.98 Å². The lowest BCUT2D eigenvalue weighted by atomic mass is 10.1. The third-order valence-corrected chi connectivity index (χ3v) is 4.06. The molecule has 0 fully saturated rings. The van der Waals surface area contributed by atoms with Crippen LogP contribution in [0.1, 0.15) is 0 Å². The summed E-state index contributed by atoms with van der Waals surface area (Å²) in [5, 5.41) is 2.74. The number of pyridine rings is 2. The van der Waals surface area contributed by atoms with Gasteiger partial charge in [0.05, 0.1) is 29.2 Å². The van der Waals surface area contributed by atoms with Gasteiger partial charge in [0.25, 0.3) is 5.56 Å². The monoisotopic (exact) mass is 352 g/mol. The topological polar surface area (TPSA) is 44.1 Å². The van der Waals surface area contributed by atoms with E-state index in [2.05, 4.69) is 20.9 Å². The van der Waals surface area contributed by atoms with Crippen molar-refractivity contribution in [1.29, 1.82) is 0 Å². The van der Waals surface area contributed by atoms with Crippen LogP contribution in [0.3, 0.4) is 0 Å². The van der Waals surface area contributed by atoms with Crippen molar-refractivity contribution < 1.29 is 4.74 Å². The number of aryl methyl sites for hydroxylation is 1. The molecule has 0 N–H and O–H groups in total. The van der Waals surface area contributed by atoms with Crippen molar-refractivity contribution >= 4 is 49.2 Å². The molecule has 2 heterocycles. The fourth-order valence-corrected chi connectivity index (χ4v) is 2.88. The van der Waals surface area contributed by atoms with E-state index in [1.807, 2.05) is 6.07 Å². The number of halogens is 2. The van der Waals surface area contributed by atoms with E-state index in [9.17, 15) is 4.79 Å². The van der Waals surface area contributed by atoms with Gasteiger partial charge in [-0.2, -0.15) is 0 Å². The van der Waals surface area contributed by atoms with Gasteiger partial charge in [0, 0.05) is 12.4 Å². The van der Waals surface area contributed by atoms with E-state index in [0.717, 1.165) is 16.3 Å². The second-order valence-electron chi connectivity index (χ2n) is 4.42. The maximum atomic E-state index is 12.4. The number of methoxy groups -OCH3 is 1. The summed E-state index contributed by atoms with van der Waals surface area (Å²) in [4.78, 5) is 16.6. The lowest BCUT2D eigenvalue weighted by Crippen LogP contribution is -2.17. The van der Waals surface area contributed by atoms with Gasteiger partial charge in [-0.3, -0.25) is 4.79 Å². The predicted octanol–water partition coefficient (Wildman–Crippen LogP) is 3.51. The van der Waals surface area contributed by atoms with Gasteiger partial charge >= 0.3 is 0 Å². The Balaban J connectivity index is 2.62. The van der Waals surface area contributed by atoms with Crippen LogP contribution in [0.4, 0.5) is 0 Å². The van der Waals surface area contributed by atoms with Gasteiger partial charge < -0.3 is 9.30 Å². The molecule has 0 aliphatic heterocycles. The summed E-state index contributed by atoms with van der Waals surface area (Å²) < 4.78 is 7.46. The third kappa shape index (κ3) is 1.89. The molecule has 20 heavy (non-hydrogen) atoms. The lowest BCUT2D eigenvalue weighted by Gasteiger charge is -2.11. The number of benzene rings is 1. The summed E-state index contributed by atoms with van der Waals surface area (Å²) in [6.07, 6.45) is 1.67. The number of nitrogens with zero attached hydrogens (tertiary/aromatic N) is 2. The number of hydrogen-bond acceptors (Lipinski definition) is 3. The third-order valence-electron chi connectivity index (χ3n) is 3.33. The predicted molar refractivity (Wildman–Crippen MR) is 83.8 cm³/mol. The van der Waals surface area contributed by atoms with Crippen molar-refractivity contribution in [2.45, 2.75) is 0 Å². The number of aromatic nitrogens is 2. The summed E-state index contributed by atoms with van der Waals surface area (Å²) >= 11 is 9.53. The molecule has 6 heteroatoms. The van der Waals surface area contributed by atoms with Crippen LogP contribution in [0.2, 0.25) is 5.02 Å². The maximum Gasteiger partial charge on any atom is 0.258 e. The first-order valence-electron chi connectivity index (χ1n) is 5.84. The number of rotatable bonds is 1. The van der Waals surface area contributed by atoms with Crippen LogP contribution in [0.15, 0.2) is 33.8 Å². The Kier molecular flexibility index (Phi) is 3.18. The van der Waals surface area contributed by atoms with Crippen LogP contribution in [-0.2, 0) is 7.05 Å². The summed E-state index contributed by atoms with van der Waals surface area (Å²) in [5.74, 6) is 0.490. The molecule has 0 spiro atoms. The van der Waals surface area contributed by atoms with Crippen LogP contribution < -0.4 is 10.3 Å². The summed E-state index contributed by atoms with van der Waals surface area (Å²) in [6.45, 7) is 0. The Morgan fingerprint density at radius 3 is 2.70 bits per heavy atom. The van der Waals surface area contributed by atoms with Gasteiger partial charge in [0.1, 0.15) is 10.4 Å². The molecule has 2 aromatic heterocycles. The van der Waals surface area contributed by atoms with E-state index < -0.39 is 0 Å². The molecule has 0 radical (unpaired) electrons. The molecule has 0 unspecified atom stereocenters. The zero-order valence-corrected chi connectivity index (χ0v) is 13.1. The summed E-state index contributed by atoms with van der Waals surface area (Å²) in [5.41, 5.74) is 0.651. The first kappa shape index (κ1) is 13.4. The quantitative estimate of drug-likeness (QED) is 0.497. The Bertz CT molecular complexity index is 905. The number of fused-ring (bicyclic) bond motifs is 3. The minimum atomic E-state index is -0.105. The van der Waals surface area contributed by atoms with Gasteiger partial charge in [-0.05, 0) is 39.5 Å². The first-order chi connectivity index (χ1) is 9.52. The number of ether oxygens (including phenoxy) is 1. The van der Waals surface area contributed by atoms with Crippen LogP contribution in [-0.4, -0.2) is 16.7 Å². The Hall–Kier alpha value is -1.59. The van der Waals surface area contributed by atoms with Crippen LogP contribution in [0, 0.1) is 0 Å². The summed E-state index contributed by atoms with van der Waals surface area (Å²) in [6, 6.07) is 5.31. The summed E-state index contributed by atoms with van der Waals surface area (Å²) in [7, 11) is 3.25. The van der Waals surface area contributed by atoms with E-state index in [1.54, 1.807) is 29.9 Å². The highest BCUT2D eigenvalue weighted by Crippen LogP contribution is 2.32. The van der Waals surface area contributed by atoms with Crippen molar-refractivity contribution in [2.75, 3.05) is 7.11 Å².